The van der Waals surface area contributed by atoms with Gasteiger partial charge in [-0.25, -0.2) is 13.1 Å². The molecule has 1 atom stereocenters. The Bertz CT molecular complexity index is 350. The van der Waals surface area contributed by atoms with Gasteiger partial charge in [0.25, 0.3) is 0 Å². The Kier molecular flexibility index (Phi) is 6.08. The normalized spacial score (nSPS) is 14.4. The molecule has 0 aromatic rings. The zero-order valence-electron chi connectivity index (χ0n) is 10.9. The molecule has 0 spiro atoms. The van der Waals surface area contributed by atoms with Crippen molar-refractivity contribution in [3.63, 3.8) is 0 Å². The highest BCUT2D eigenvalue weighted by atomic mass is 32.2. The van der Waals surface area contributed by atoms with Gasteiger partial charge in [-0.3, -0.25) is 4.79 Å². The van der Waals surface area contributed by atoms with Gasteiger partial charge < -0.3 is 11.1 Å². The zero-order valence-corrected chi connectivity index (χ0v) is 11.7. The molecule has 0 aliphatic carbocycles. The van der Waals surface area contributed by atoms with E-state index in [0.29, 0.717) is 6.54 Å². The second-order valence-corrected chi connectivity index (χ2v) is 6.18. The highest BCUT2D eigenvalue weighted by Crippen LogP contribution is 2.09. The number of carbonyl (C=O) groups excluding carboxylic acids is 1. The van der Waals surface area contributed by atoms with Gasteiger partial charge in [0.15, 0.2) is 0 Å². The molecule has 0 aromatic heterocycles. The molecule has 0 aliphatic heterocycles. The van der Waals surface area contributed by atoms with E-state index in [-0.39, 0.29) is 5.91 Å². The number of hydrogen-bond donors (Lipinski definition) is 3. The topological polar surface area (TPSA) is 101 Å². The molecule has 17 heavy (non-hydrogen) atoms. The summed E-state index contributed by atoms with van der Waals surface area (Å²) in [4.78, 5) is 11.6. The molecule has 0 saturated heterocycles. The summed E-state index contributed by atoms with van der Waals surface area (Å²) in [5.74, 6) is -0.368. The van der Waals surface area contributed by atoms with Crippen LogP contribution in [0.25, 0.3) is 0 Å². The molecule has 6 nitrogen and oxygen atoms in total. The van der Waals surface area contributed by atoms with Gasteiger partial charge in [0.05, 0.1) is 12.3 Å². The Balaban J connectivity index is 4.28. The van der Waals surface area contributed by atoms with Gasteiger partial charge in [-0.05, 0) is 19.8 Å². The van der Waals surface area contributed by atoms with E-state index in [1.807, 2.05) is 13.8 Å². The maximum Gasteiger partial charge on any atom is 0.237 e. The number of carbonyl (C=O) groups is 1. The fourth-order valence-electron chi connectivity index (χ4n) is 1.29. The van der Waals surface area contributed by atoms with Crippen LogP contribution in [0, 0.1) is 0 Å². The first kappa shape index (κ1) is 16.3. The molecule has 4 N–H and O–H groups in total. The van der Waals surface area contributed by atoms with Crippen LogP contribution < -0.4 is 15.8 Å². The summed E-state index contributed by atoms with van der Waals surface area (Å²) in [6.07, 6.45) is 2.51. The maximum absolute atomic E-state index is 11.6. The van der Waals surface area contributed by atoms with Gasteiger partial charge in [-0.1, -0.05) is 13.8 Å². The molecule has 0 rings (SSSR count). The lowest BCUT2D eigenvalue weighted by atomic mass is 9.94. The SMILES string of the molecule is CCC(N)(CC)CNC(=O)C(C)NS(C)(=O)=O. The first-order chi connectivity index (χ1) is 7.63. The third kappa shape index (κ3) is 6.60. The van der Waals surface area contributed by atoms with E-state index < -0.39 is 21.6 Å². The van der Waals surface area contributed by atoms with Crippen molar-refractivity contribution in [2.45, 2.75) is 45.2 Å². The van der Waals surface area contributed by atoms with Crippen LogP contribution in [0.5, 0.6) is 0 Å². The van der Waals surface area contributed by atoms with E-state index in [2.05, 4.69) is 10.0 Å². The Morgan fingerprint density at radius 3 is 2.18 bits per heavy atom. The summed E-state index contributed by atoms with van der Waals surface area (Å²) in [6, 6.07) is -0.789. The fourth-order valence-corrected chi connectivity index (χ4v) is 2.04. The lowest BCUT2D eigenvalue weighted by Crippen LogP contribution is -2.53. The van der Waals surface area contributed by atoms with E-state index in [1.165, 1.54) is 6.92 Å². The van der Waals surface area contributed by atoms with Crippen molar-refractivity contribution < 1.29 is 13.2 Å². The van der Waals surface area contributed by atoms with Crippen molar-refractivity contribution in [3.8, 4) is 0 Å². The number of amides is 1. The molecule has 0 heterocycles. The van der Waals surface area contributed by atoms with E-state index in [1.54, 1.807) is 0 Å². The van der Waals surface area contributed by atoms with E-state index in [4.69, 9.17) is 5.73 Å². The van der Waals surface area contributed by atoms with Gasteiger partial charge in [0.1, 0.15) is 0 Å². The number of nitrogens with one attached hydrogen (secondary N) is 2. The molecule has 0 fully saturated rings. The minimum Gasteiger partial charge on any atom is -0.353 e. The van der Waals surface area contributed by atoms with Crippen molar-refractivity contribution in [1.82, 2.24) is 10.0 Å². The molecule has 0 saturated carbocycles. The lowest BCUT2D eigenvalue weighted by Gasteiger charge is -2.27. The minimum absolute atomic E-state index is 0.342. The van der Waals surface area contributed by atoms with Crippen LogP contribution >= 0.6 is 0 Å². The van der Waals surface area contributed by atoms with Crippen molar-refractivity contribution >= 4 is 15.9 Å². The Morgan fingerprint density at radius 1 is 1.35 bits per heavy atom. The summed E-state index contributed by atoms with van der Waals surface area (Å²) in [6.45, 7) is 5.74. The van der Waals surface area contributed by atoms with E-state index in [0.717, 1.165) is 19.1 Å². The summed E-state index contributed by atoms with van der Waals surface area (Å²) in [5.41, 5.74) is 5.59. The van der Waals surface area contributed by atoms with Crippen molar-refractivity contribution in [1.29, 1.82) is 0 Å². The van der Waals surface area contributed by atoms with Crippen LogP contribution in [0.3, 0.4) is 0 Å². The van der Waals surface area contributed by atoms with Crippen molar-refractivity contribution in [2.24, 2.45) is 5.73 Å². The van der Waals surface area contributed by atoms with Gasteiger partial charge in [0, 0.05) is 12.1 Å². The summed E-state index contributed by atoms with van der Waals surface area (Å²) >= 11 is 0. The minimum atomic E-state index is -3.38. The predicted molar refractivity (Wildman–Crippen MR) is 68.0 cm³/mol. The number of rotatable bonds is 7. The van der Waals surface area contributed by atoms with E-state index >= 15 is 0 Å². The van der Waals surface area contributed by atoms with Gasteiger partial charge in [0.2, 0.25) is 15.9 Å². The fraction of sp³-hybridized carbons (Fsp3) is 0.900. The van der Waals surface area contributed by atoms with Crippen LogP contribution in [-0.2, 0) is 14.8 Å². The molecule has 0 aromatic carbocycles. The van der Waals surface area contributed by atoms with Gasteiger partial charge in [-0.2, -0.15) is 0 Å². The summed E-state index contributed by atoms with van der Waals surface area (Å²) in [7, 11) is -3.38. The molecule has 1 unspecified atom stereocenters. The number of sulfonamides is 1. The standard InChI is InChI=1S/C10H23N3O3S/c1-5-10(11,6-2)7-12-9(14)8(3)13-17(4,15)16/h8,13H,5-7,11H2,1-4H3,(H,12,14). The number of nitrogens with two attached hydrogens (primary N) is 1. The smallest absolute Gasteiger partial charge is 0.237 e. The van der Waals surface area contributed by atoms with E-state index in [9.17, 15) is 13.2 Å². The molecule has 0 radical (unpaired) electrons. The highest BCUT2D eigenvalue weighted by Gasteiger charge is 2.23. The quantitative estimate of drug-likeness (QED) is 0.580. The molecule has 7 heteroatoms. The zero-order chi connectivity index (χ0) is 13.7. The largest absolute Gasteiger partial charge is 0.353 e. The Morgan fingerprint density at radius 2 is 1.82 bits per heavy atom. The first-order valence-electron chi connectivity index (χ1n) is 5.67. The second-order valence-electron chi connectivity index (χ2n) is 4.40. The van der Waals surface area contributed by atoms with Crippen LogP contribution in [-0.4, -0.2) is 38.7 Å². The summed E-state index contributed by atoms with van der Waals surface area (Å²) in [5, 5.41) is 2.66. The first-order valence-corrected chi connectivity index (χ1v) is 7.56. The molecule has 0 aliphatic rings. The highest BCUT2D eigenvalue weighted by molar-refractivity contribution is 7.88. The third-order valence-corrected chi connectivity index (χ3v) is 3.59. The van der Waals surface area contributed by atoms with Crippen LogP contribution in [0.2, 0.25) is 0 Å². The average molecular weight is 265 g/mol. The van der Waals surface area contributed by atoms with Gasteiger partial charge >= 0.3 is 0 Å². The van der Waals surface area contributed by atoms with Gasteiger partial charge in [-0.15, -0.1) is 0 Å². The number of hydrogen-bond acceptors (Lipinski definition) is 4. The molecular formula is C10H23N3O3S. The summed E-state index contributed by atoms with van der Waals surface area (Å²) < 4.78 is 24.1. The predicted octanol–water partition coefficient (Wildman–Crippen LogP) is -0.442. The Hall–Kier alpha value is -0.660. The lowest BCUT2D eigenvalue weighted by molar-refractivity contribution is -0.122. The molecule has 1 amide bonds. The van der Waals surface area contributed by atoms with Crippen LogP contribution in [0.15, 0.2) is 0 Å². The third-order valence-electron chi connectivity index (χ3n) is 2.81. The Labute approximate surface area is 103 Å². The van der Waals surface area contributed by atoms with Crippen LogP contribution in [0.1, 0.15) is 33.6 Å². The maximum atomic E-state index is 11.6. The molecule has 102 valence electrons. The average Bonchev–Trinajstić information content (AvgIpc) is 2.23. The molecular weight excluding hydrogens is 242 g/mol. The molecule has 0 bridgehead atoms. The monoisotopic (exact) mass is 265 g/mol. The van der Waals surface area contributed by atoms with Crippen molar-refractivity contribution in [2.75, 3.05) is 12.8 Å². The van der Waals surface area contributed by atoms with Crippen molar-refractivity contribution in [3.05, 3.63) is 0 Å². The van der Waals surface area contributed by atoms with Crippen LogP contribution in [0.4, 0.5) is 0 Å². The second kappa shape index (κ2) is 6.32.